The first kappa shape index (κ1) is 15.9. The van der Waals surface area contributed by atoms with Crippen LogP contribution in [-0.2, 0) is 10.0 Å². The molecule has 0 aliphatic carbocycles. The Hall–Kier alpha value is -0.170. The minimum atomic E-state index is -3.52. The summed E-state index contributed by atoms with van der Waals surface area (Å²) >= 11 is 6.59. The molecule has 6 heteroatoms. The van der Waals surface area contributed by atoms with Crippen molar-refractivity contribution in [3.63, 3.8) is 0 Å². The second kappa shape index (κ2) is 6.32. The predicted molar refractivity (Wildman–Crippen MR) is 81.1 cm³/mol. The van der Waals surface area contributed by atoms with E-state index in [2.05, 4.69) is 38.4 Å². The summed E-state index contributed by atoms with van der Waals surface area (Å²) in [5.74, 6) is 0. The van der Waals surface area contributed by atoms with Crippen molar-refractivity contribution in [3.8, 4) is 0 Å². The van der Waals surface area contributed by atoms with E-state index in [4.69, 9.17) is 0 Å². The highest BCUT2D eigenvalue weighted by Gasteiger charge is 2.27. The van der Waals surface area contributed by atoms with E-state index < -0.39 is 10.0 Å². The van der Waals surface area contributed by atoms with Gasteiger partial charge in [0.25, 0.3) is 0 Å². The van der Waals surface area contributed by atoms with E-state index in [1.54, 1.807) is 24.3 Å². The van der Waals surface area contributed by atoms with Crippen molar-refractivity contribution in [2.75, 3.05) is 6.54 Å². The summed E-state index contributed by atoms with van der Waals surface area (Å²) in [5.41, 5.74) is 0. The largest absolute Gasteiger partial charge is 0.244 e. The van der Waals surface area contributed by atoms with Crippen LogP contribution in [0.25, 0.3) is 0 Å². The van der Waals surface area contributed by atoms with Crippen molar-refractivity contribution in [2.45, 2.75) is 24.8 Å². The molecule has 0 amide bonds. The van der Waals surface area contributed by atoms with E-state index in [9.17, 15) is 8.42 Å². The van der Waals surface area contributed by atoms with Crippen LogP contribution in [-0.4, -0.2) is 25.3 Å². The molecule has 0 saturated carbocycles. The zero-order valence-corrected chi connectivity index (χ0v) is 14.2. The number of rotatable bonds is 5. The van der Waals surface area contributed by atoms with Gasteiger partial charge in [-0.3, -0.25) is 0 Å². The lowest BCUT2D eigenvalue weighted by Crippen LogP contribution is -2.37. The minimum Gasteiger partial charge on any atom is -0.207 e. The molecule has 0 N–H and O–H groups in total. The van der Waals surface area contributed by atoms with Gasteiger partial charge >= 0.3 is 0 Å². The van der Waals surface area contributed by atoms with Crippen molar-refractivity contribution in [1.82, 2.24) is 4.31 Å². The Balaban J connectivity index is 3.30. The molecule has 1 aromatic carbocycles. The first-order chi connectivity index (χ1) is 8.30. The highest BCUT2D eigenvalue weighted by molar-refractivity contribution is 9.11. The van der Waals surface area contributed by atoms with Crippen molar-refractivity contribution < 1.29 is 8.42 Å². The average molecular weight is 397 g/mol. The van der Waals surface area contributed by atoms with Crippen LogP contribution in [0.3, 0.4) is 0 Å². The fourth-order valence-corrected chi connectivity index (χ4v) is 4.84. The Kier molecular flexibility index (Phi) is 5.58. The molecule has 100 valence electrons. The van der Waals surface area contributed by atoms with Crippen LogP contribution in [0.2, 0.25) is 0 Å². The van der Waals surface area contributed by atoms with E-state index in [1.165, 1.54) is 4.31 Å². The summed E-state index contributed by atoms with van der Waals surface area (Å²) in [4.78, 5) is 0.265. The molecule has 0 aliphatic rings. The molecule has 0 atom stereocenters. The van der Waals surface area contributed by atoms with Gasteiger partial charge in [-0.25, -0.2) is 8.42 Å². The molecule has 0 saturated heterocycles. The molecule has 0 aliphatic heterocycles. The molecular formula is C12H15Br2NO2S. The molecular weight excluding hydrogens is 382 g/mol. The van der Waals surface area contributed by atoms with Crippen LogP contribution in [0, 0.1) is 0 Å². The zero-order chi connectivity index (χ0) is 13.9. The van der Waals surface area contributed by atoms with Gasteiger partial charge < -0.3 is 0 Å². The Morgan fingerprint density at radius 3 is 2.44 bits per heavy atom. The normalized spacial score (nSPS) is 12.1. The number of hydrogen-bond acceptors (Lipinski definition) is 2. The van der Waals surface area contributed by atoms with E-state index in [-0.39, 0.29) is 10.9 Å². The third kappa shape index (κ3) is 3.44. The molecule has 0 aromatic heterocycles. The lowest BCUT2D eigenvalue weighted by atomic mass is 10.4. The van der Waals surface area contributed by atoms with E-state index in [0.717, 1.165) is 4.47 Å². The van der Waals surface area contributed by atoms with Crippen LogP contribution in [0.15, 0.2) is 44.7 Å². The molecule has 18 heavy (non-hydrogen) atoms. The summed E-state index contributed by atoms with van der Waals surface area (Å²) in [6, 6.07) is 4.90. The Bertz CT molecular complexity index is 541. The molecule has 0 spiro atoms. The topological polar surface area (TPSA) is 37.4 Å². The van der Waals surface area contributed by atoms with Gasteiger partial charge in [0.1, 0.15) is 0 Å². The van der Waals surface area contributed by atoms with Crippen LogP contribution < -0.4 is 0 Å². The van der Waals surface area contributed by atoms with Gasteiger partial charge in [-0.1, -0.05) is 22.0 Å². The van der Waals surface area contributed by atoms with Gasteiger partial charge in [0.15, 0.2) is 0 Å². The van der Waals surface area contributed by atoms with E-state index in [1.807, 2.05) is 13.8 Å². The Labute approximate surface area is 125 Å². The monoisotopic (exact) mass is 395 g/mol. The SMILES string of the molecule is C=CCN(C(C)C)S(=O)(=O)c1ccc(Br)cc1Br. The molecule has 0 fully saturated rings. The lowest BCUT2D eigenvalue weighted by molar-refractivity contribution is 0.382. The predicted octanol–water partition coefficient (Wildman–Crippen LogP) is 3.80. The number of hydrogen-bond donors (Lipinski definition) is 0. The summed E-state index contributed by atoms with van der Waals surface area (Å²) in [7, 11) is -3.52. The Morgan fingerprint density at radius 2 is 2.00 bits per heavy atom. The van der Waals surface area contributed by atoms with Crippen LogP contribution in [0.4, 0.5) is 0 Å². The third-order valence-corrected chi connectivity index (χ3v) is 5.88. The summed E-state index contributed by atoms with van der Waals surface area (Å²) in [6.45, 7) is 7.58. The minimum absolute atomic E-state index is 0.122. The van der Waals surface area contributed by atoms with Crippen molar-refractivity contribution in [2.24, 2.45) is 0 Å². The third-order valence-electron chi connectivity index (χ3n) is 2.37. The summed E-state index contributed by atoms with van der Waals surface area (Å²) in [6.07, 6.45) is 1.59. The van der Waals surface area contributed by atoms with Gasteiger partial charge in [0.05, 0.1) is 4.90 Å². The summed E-state index contributed by atoms with van der Waals surface area (Å²) < 4.78 is 27.8. The van der Waals surface area contributed by atoms with Gasteiger partial charge in [0, 0.05) is 21.5 Å². The fourth-order valence-electron chi connectivity index (χ4n) is 1.52. The summed E-state index contributed by atoms with van der Waals surface area (Å²) in [5, 5.41) is 0. The quantitative estimate of drug-likeness (QED) is 0.710. The molecule has 1 rings (SSSR count). The lowest BCUT2D eigenvalue weighted by Gasteiger charge is -2.25. The molecule has 1 aromatic rings. The highest BCUT2D eigenvalue weighted by atomic mass is 79.9. The van der Waals surface area contributed by atoms with E-state index >= 15 is 0 Å². The first-order valence-electron chi connectivity index (χ1n) is 5.38. The van der Waals surface area contributed by atoms with Crippen molar-refractivity contribution >= 4 is 41.9 Å². The second-order valence-electron chi connectivity index (χ2n) is 4.03. The standard InChI is InChI=1S/C12H15Br2NO2S/c1-4-7-15(9(2)3)18(16,17)12-6-5-10(13)8-11(12)14/h4-6,8-9H,1,7H2,2-3H3. The highest BCUT2D eigenvalue weighted by Crippen LogP contribution is 2.28. The van der Waals surface area contributed by atoms with Crippen LogP contribution >= 0.6 is 31.9 Å². The smallest absolute Gasteiger partial charge is 0.207 e. The maximum atomic E-state index is 12.5. The van der Waals surface area contributed by atoms with E-state index in [0.29, 0.717) is 11.0 Å². The van der Waals surface area contributed by atoms with Gasteiger partial charge in [-0.15, -0.1) is 6.58 Å². The molecule has 0 bridgehead atoms. The molecule has 0 radical (unpaired) electrons. The second-order valence-corrected chi connectivity index (χ2v) is 7.66. The average Bonchev–Trinajstić information content (AvgIpc) is 2.24. The molecule has 3 nitrogen and oxygen atoms in total. The van der Waals surface area contributed by atoms with Gasteiger partial charge in [0.2, 0.25) is 10.0 Å². The maximum Gasteiger partial charge on any atom is 0.244 e. The fraction of sp³-hybridized carbons (Fsp3) is 0.333. The maximum absolute atomic E-state index is 12.5. The van der Waals surface area contributed by atoms with Crippen LogP contribution in [0.1, 0.15) is 13.8 Å². The van der Waals surface area contributed by atoms with Crippen molar-refractivity contribution in [3.05, 3.63) is 39.8 Å². The van der Waals surface area contributed by atoms with Crippen LogP contribution in [0.5, 0.6) is 0 Å². The van der Waals surface area contributed by atoms with Crippen molar-refractivity contribution in [1.29, 1.82) is 0 Å². The first-order valence-corrected chi connectivity index (χ1v) is 8.41. The number of nitrogens with zero attached hydrogens (tertiary/aromatic N) is 1. The number of sulfonamides is 1. The molecule has 0 heterocycles. The van der Waals surface area contributed by atoms with Gasteiger partial charge in [-0.2, -0.15) is 4.31 Å². The number of halogens is 2. The van der Waals surface area contributed by atoms with Gasteiger partial charge in [-0.05, 0) is 48.0 Å². The number of benzene rings is 1. The zero-order valence-electron chi connectivity index (χ0n) is 10.2. The molecule has 0 unspecified atom stereocenters. The Morgan fingerprint density at radius 1 is 1.39 bits per heavy atom.